The van der Waals surface area contributed by atoms with E-state index in [4.69, 9.17) is 0 Å². The smallest absolute Gasteiger partial charge is 0.287 e. The molecule has 35 heavy (non-hydrogen) atoms. The molecule has 4 aromatic rings. The number of amides is 2. The Kier molecular flexibility index (Phi) is 7.31. The second kappa shape index (κ2) is 10.6. The van der Waals surface area contributed by atoms with Crippen molar-refractivity contribution in [3.05, 3.63) is 71.6 Å². The van der Waals surface area contributed by atoms with E-state index in [-0.39, 0.29) is 29.9 Å². The molecule has 0 aliphatic rings. The van der Waals surface area contributed by atoms with E-state index in [1.165, 1.54) is 18.5 Å². The van der Waals surface area contributed by atoms with Crippen LogP contribution in [0.4, 0.5) is 5.82 Å². The van der Waals surface area contributed by atoms with Crippen LogP contribution >= 0.6 is 11.5 Å². The summed E-state index contributed by atoms with van der Waals surface area (Å²) < 4.78 is 6.78. The molecule has 180 valence electrons. The van der Waals surface area contributed by atoms with Crippen molar-refractivity contribution in [2.45, 2.75) is 39.7 Å². The molecule has 0 atom stereocenters. The monoisotopic (exact) mass is 490 g/mol. The van der Waals surface area contributed by atoms with Gasteiger partial charge in [0.05, 0.1) is 16.9 Å². The van der Waals surface area contributed by atoms with Crippen LogP contribution in [0.5, 0.6) is 0 Å². The van der Waals surface area contributed by atoms with Gasteiger partial charge in [-0.25, -0.2) is 4.98 Å². The molecule has 0 aliphatic carbocycles. The Labute approximate surface area is 206 Å². The minimum atomic E-state index is -0.427. The molecule has 0 aliphatic heterocycles. The highest BCUT2D eigenvalue weighted by atomic mass is 32.1. The maximum atomic E-state index is 13.1. The van der Waals surface area contributed by atoms with E-state index < -0.39 is 11.8 Å². The number of hydrogen-bond acceptors (Lipinski definition) is 7. The minimum absolute atomic E-state index is 0.0288. The van der Waals surface area contributed by atoms with Gasteiger partial charge in [-0.2, -0.15) is 4.37 Å². The van der Waals surface area contributed by atoms with Gasteiger partial charge in [0.2, 0.25) is 5.82 Å². The highest BCUT2D eigenvalue weighted by molar-refractivity contribution is 7.13. The largest absolute Gasteiger partial charge is 0.349 e. The Morgan fingerprint density at radius 3 is 2.54 bits per heavy atom. The first-order chi connectivity index (χ1) is 16.8. The summed E-state index contributed by atoms with van der Waals surface area (Å²) in [4.78, 5) is 46.9. The second-order valence-electron chi connectivity index (χ2n) is 8.42. The number of pyridine rings is 1. The van der Waals surface area contributed by atoms with Crippen LogP contribution in [0.3, 0.4) is 0 Å². The van der Waals surface area contributed by atoms with E-state index in [9.17, 15) is 14.4 Å². The lowest BCUT2D eigenvalue weighted by Crippen LogP contribution is -2.30. The van der Waals surface area contributed by atoms with Crippen LogP contribution in [-0.4, -0.2) is 43.1 Å². The molecular weight excluding hydrogens is 464 g/mol. The first-order valence-electron chi connectivity index (χ1n) is 11.3. The highest BCUT2D eigenvalue weighted by Gasteiger charge is 2.26. The van der Waals surface area contributed by atoms with Crippen molar-refractivity contribution in [3.8, 4) is 0 Å². The molecule has 0 spiro atoms. The van der Waals surface area contributed by atoms with E-state index >= 15 is 0 Å². The zero-order chi connectivity index (χ0) is 24.9. The first-order valence-corrected chi connectivity index (χ1v) is 12.1. The van der Waals surface area contributed by atoms with Crippen molar-refractivity contribution >= 4 is 45.0 Å². The number of fused-ring (bicyclic) bond motifs is 1. The van der Waals surface area contributed by atoms with Crippen LogP contribution in [-0.2, 0) is 17.8 Å². The number of ketones is 1. The maximum Gasteiger partial charge on any atom is 0.287 e. The Morgan fingerprint density at radius 2 is 1.83 bits per heavy atom. The van der Waals surface area contributed by atoms with Gasteiger partial charge in [-0.3, -0.25) is 19.4 Å². The molecule has 0 radical (unpaired) electrons. The molecule has 0 unspecified atom stereocenters. The van der Waals surface area contributed by atoms with Gasteiger partial charge in [0.1, 0.15) is 11.5 Å². The summed E-state index contributed by atoms with van der Waals surface area (Å²) in [5, 5.41) is 6.42. The number of imidazole rings is 1. The van der Waals surface area contributed by atoms with Crippen LogP contribution in [0.25, 0.3) is 10.1 Å². The zero-order valence-electron chi connectivity index (χ0n) is 19.7. The number of carbonyl (C=O) groups is 3. The standard InChI is InChI=1S/C25H26N6O3S/c1-15(2)21-22(29-24(33)20-18-9-4-5-10-19(18)35-30-20)28-23(31(21)14-16(3)32)25(34)27-13-11-17-8-6-7-12-26-17/h4-10,12,15H,11,13-14H2,1-3H3,(H,27,34)(H,29,33). The van der Waals surface area contributed by atoms with Crippen molar-refractivity contribution in [1.29, 1.82) is 0 Å². The Bertz CT molecular complexity index is 1380. The van der Waals surface area contributed by atoms with E-state index in [0.717, 1.165) is 15.8 Å². The van der Waals surface area contributed by atoms with E-state index in [2.05, 4.69) is 25.0 Å². The third kappa shape index (κ3) is 5.43. The third-order valence-corrected chi connectivity index (χ3v) is 6.18. The van der Waals surface area contributed by atoms with Crippen LogP contribution in [0.2, 0.25) is 0 Å². The van der Waals surface area contributed by atoms with E-state index in [1.807, 2.05) is 56.3 Å². The van der Waals surface area contributed by atoms with Gasteiger partial charge < -0.3 is 15.2 Å². The second-order valence-corrected chi connectivity index (χ2v) is 9.23. The third-order valence-electron chi connectivity index (χ3n) is 5.35. The van der Waals surface area contributed by atoms with E-state index in [0.29, 0.717) is 24.4 Å². The topological polar surface area (TPSA) is 119 Å². The number of nitrogens with zero attached hydrogens (tertiary/aromatic N) is 4. The van der Waals surface area contributed by atoms with Crippen molar-refractivity contribution in [2.75, 3.05) is 11.9 Å². The fourth-order valence-corrected chi connectivity index (χ4v) is 4.62. The van der Waals surface area contributed by atoms with Gasteiger partial charge in [0.25, 0.3) is 11.8 Å². The summed E-state index contributed by atoms with van der Waals surface area (Å²) in [5.74, 6) is -0.765. The van der Waals surface area contributed by atoms with Gasteiger partial charge in [0, 0.05) is 30.2 Å². The maximum absolute atomic E-state index is 13.1. The average Bonchev–Trinajstić information content (AvgIpc) is 3.41. The summed E-state index contributed by atoms with van der Waals surface area (Å²) in [5.41, 5.74) is 1.75. The predicted molar refractivity (Wildman–Crippen MR) is 135 cm³/mol. The summed E-state index contributed by atoms with van der Waals surface area (Å²) >= 11 is 1.24. The average molecular weight is 491 g/mol. The minimum Gasteiger partial charge on any atom is -0.349 e. The zero-order valence-corrected chi connectivity index (χ0v) is 20.6. The number of rotatable bonds is 9. The SMILES string of the molecule is CC(=O)Cn1c(C(=O)NCCc2ccccn2)nc(NC(=O)c2nsc3ccccc23)c1C(C)C. The number of aromatic nitrogens is 4. The molecule has 9 nitrogen and oxygen atoms in total. The van der Waals surface area contributed by atoms with Crippen LogP contribution in [0.1, 0.15) is 59.2 Å². The lowest BCUT2D eigenvalue weighted by atomic mass is 10.1. The van der Waals surface area contributed by atoms with Gasteiger partial charge >= 0.3 is 0 Å². The molecule has 4 rings (SSSR count). The van der Waals surface area contributed by atoms with Crippen molar-refractivity contribution in [2.24, 2.45) is 0 Å². The molecule has 1 aromatic carbocycles. The fourth-order valence-electron chi connectivity index (χ4n) is 3.84. The number of hydrogen-bond donors (Lipinski definition) is 2. The molecule has 3 heterocycles. The number of Topliss-reactive ketones (excluding diaryl/α,β-unsaturated/α-hetero) is 1. The van der Waals surface area contributed by atoms with E-state index in [1.54, 1.807) is 10.8 Å². The predicted octanol–water partition coefficient (Wildman–Crippen LogP) is 3.83. The van der Waals surface area contributed by atoms with Gasteiger partial charge in [-0.1, -0.05) is 38.1 Å². The Balaban J connectivity index is 1.62. The van der Waals surface area contributed by atoms with Crippen molar-refractivity contribution in [1.82, 2.24) is 24.2 Å². The Morgan fingerprint density at radius 1 is 1.06 bits per heavy atom. The molecule has 3 aromatic heterocycles. The number of nitrogens with one attached hydrogen (secondary N) is 2. The Hall–Kier alpha value is -3.92. The van der Waals surface area contributed by atoms with Crippen molar-refractivity contribution < 1.29 is 14.4 Å². The number of benzene rings is 1. The first kappa shape index (κ1) is 24.2. The van der Waals surface area contributed by atoms with Crippen LogP contribution in [0, 0.1) is 0 Å². The van der Waals surface area contributed by atoms with Crippen LogP contribution < -0.4 is 10.6 Å². The molecule has 10 heteroatoms. The van der Waals surface area contributed by atoms with Crippen molar-refractivity contribution in [3.63, 3.8) is 0 Å². The summed E-state index contributed by atoms with van der Waals surface area (Å²) in [6, 6.07) is 13.1. The van der Waals surface area contributed by atoms with Crippen LogP contribution in [0.15, 0.2) is 48.7 Å². The molecule has 0 fully saturated rings. The molecule has 2 amide bonds. The normalized spacial score (nSPS) is 11.1. The summed E-state index contributed by atoms with van der Waals surface area (Å²) in [6.45, 7) is 5.62. The fraction of sp³-hybridized carbons (Fsp3) is 0.280. The summed E-state index contributed by atoms with van der Waals surface area (Å²) in [7, 11) is 0. The summed E-state index contributed by atoms with van der Waals surface area (Å²) in [6.07, 6.45) is 2.25. The molecule has 0 bridgehead atoms. The van der Waals surface area contributed by atoms with Gasteiger partial charge in [0.15, 0.2) is 5.82 Å². The molecule has 2 N–H and O–H groups in total. The lowest BCUT2D eigenvalue weighted by molar-refractivity contribution is -0.117. The molecule has 0 saturated carbocycles. The highest BCUT2D eigenvalue weighted by Crippen LogP contribution is 2.28. The van der Waals surface area contributed by atoms with Gasteiger partial charge in [-0.05, 0) is 42.6 Å². The van der Waals surface area contributed by atoms with Gasteiger partial charge in [-0.15, -0.1) is 0 Å². The molecular formula is C25H26N6O3S. The molecule has 0 saturated heterocycles. The lowest BCUT2D eigenvalue weighted by Gasteiger charge is -2.14. The quantitative estimate of drug-likeness (QED) is 0.368. The number of anilines is 1. The number of carbonyl (C=O) groups excluding carboxylic acids is 3.